The fourth-order valence-corrected chi connectivity index (χ4v) is 2.27. The van der Waals surface area contributed by atoms with Gasteiger partial charge in [-0.1, -0.05) is 12.8 Å². The van der Waals surface area contributed by atoms with Gasteiger partial charge in [-0.15, -0.1) is 0 Å². The quantitative estimate of drug-likeness (QED) is 0.440. The maximum atomic E-state index is 11.2. The van der Waals surface area contributed by atoms with Crippen molar-refractivity contribution in [2.75, 3.05) is 13.1 Å². The summed E-state index contributed by atoms with van der Waals surface area (Å²) in [5.74, 6) is 0. The first-order chi connectivity index (χ1) is 9.01. The molecule has 10 nitrogen and oxygen atoms in total. The average Bonchev–Trinajstić information content (AvgIpc) is 2.30. The monoisotopic (exact) mass is 332 g/mol. The summed E-state index contributed by atoms with van der Waals surface area (Å²) < 4.78 is 59.7. The summed E-state index contributed by atoms with van der Waals surface area (Å²) in [5.41, 5.74) is 5.24. The van der Waals surface area contributed by atoms with Crippen LogP contribution in [0, 0.1) is 0 Å². The van der Waals surface area contributed by atoms with Crippen LogP contribution in [-0.2, 0) is 20.2 Å². The third-order valence-electron chi connectivity index (χ3n) is 2.22. The van der Waals surface area contributed by atoms with Gasteiger partial charge >= 0.3 is 30.7 Å². The highest BCUT2D eigenvalue weighted by atomic mass is 32.2. The van der Waals surface area contributed by atoms with Gasteiger partial charge < -0.3 is 5.73 Å². The van der Waals surface area contributed by atoms with Crippen molar-refractivity contribution in [1.29, 1.82) is 0 Å². The van der Waals surface area contributed by atoms with E-state index in [1.165, 1.54) is 0 Å². The molecule has 118 valence electrons. The molecule has 0 saturated heterocycles. The van der Waals surface area contributed by atoms with Crippen LogP contribution in [0.1, 0.15) is 25.7 Å². The number of hydrogen-bond donors (Lipinski definition) is 3. The highest BCUT2D eigenvalue weighted by molar-refractivity contribution is 8.03. The number of carbonyl (C=O) groups is 2. The van der Waals surface area contributed by atoms with E-state index in [1.807, 2.05) is 0 Å². The lowest BCUT2D eigenvalue weighted by Crippen LogP contribution is -2.43. The summed E-state index contributed by atoms with van der Waals surface area (Å²) in [5, 5.41) is -4.20. The van der Waals surface area contributed by atoms with Crippen LogP contribution >= 0.6 is 0 Å². The lowest BCUT2D eigenvalue weighted by Gasteiger charge is -2.17. The van der Waals surface area contributed by atoms with Crippen LogP contribution in [0.4, 0.5) is 9.59 Å². The second-order valence-electron chi connectivity index (χ2n) is 3.84. The average molecular weight is 332 g/mol. The standard InChI is InChI=1S/C8H16N2O8S2/c9-5-3-1-2-4-6-10(7(11)19(13,14)15)8(12)20(16,17)18/h1-6,9H2,(H,13,14,15)(H,16,17,18). The first kappa shape index (κ1) is 18.9. The minimum absolute atomic E-state index is 0.0997. The molecule has 0 radical (unpaired) electrons. The fraction of sp³-hybridized carbons (Fsp3) is 0.750. The Morgan fingerprint density at radius 1 is 0.850 bits per heavy atom. The highest BCUT2D eigenvalue weighted by Gasteiger charge is 2.36. The molecule has 0 aliphatic heterocycles. The van der Waals surface area contributed by atoms with E-state index in [2.05, 4.69) is 0 Å². The molecular weight excluding hydrogens is 316 g/mol. The molecule has 0 bridgehead atoms. The number of imide groups is 1. The molecule has 20 heavy (non-hydrogen) atoms. The smallest absolute Gasteiger partial charge is 0.330 e. The molecule has 0 aromatic heterocycles. The summed E-state index contributed by atoms with van der Waals surface area (Å²) in [6.07, 6.45) is 1.84. The van der Waals surface area contributed by atoms with E-state index >= 15 is 0 Å². The van der Waals surface area contributed by atoms with Crippen LogP contribution in [-0.4, -0.2) is 54.4 Å². The number of amides is 2. The summed E-state index contributed by atoms with van der Waals surface area (Å²) in [6, 6.07) is 0. The Kier molecular flexibility index (Phi) is 7.22. The largest absolute Gasteiger partial charge is 0.373 e. The van der Waals surface area contributed by atoms with Crippen molar-refractivity contribution in [3.05, 3.63) is 0 Å². The molecule has 0 aliphatic rings. The normalized spacial score (nSPS) is 12.2. The van der Waals surface area contributed by atoms with Crippen molar-refractivity contribution in [1.82, 2.24) is 4.90 Å². The highest BCUT2D eigenvalue weighted by Crippen LogP contribution is 2.09. The maximum absolute atomic E-state index is 11.2. The van der Waals surface area contributed by atoms with Crippen LogP contribution in [0.25, 0.3) is 0 Å². The van der Waals surface area contributed by atoms with Gasteiger partial charge in [-0.3, -0.25) is 23.6 Å². The van der Waals surface area contributed by atoms with Gasteiger partial charge in [-0.2, -0.15) is 16.8 Å². The zero-order chi connectivity index (χ0) is 16.0. The first-order valence-electron chi connectivity index (χ1n) is 5.52. The van der Waals surface area contributed by atoms with E-state index in [1.54, 1.807) is 0 Å². The van der Waals surface area contributed by atoms with E-state index in [9.17, 15) is 26.4 Å². The Bertz CT molecular complexity index is 509. The molecule has 0 atom stereocenters. The molecule has 12 heteroatoms. The van der Waals surface area contributed by atoms with Crippen LogP contribution in [0.15, 0.2) is 0 Å². The summed E-state index contributed by atoms with van der Waals surface area (Å²) >= 11 is 0. The van der Waals surface area contributed by atoms with E-state index in [0.717, 1.165) is 0 Å². The first-order valence-corrected chi connectivity index (χ1v) is 8.40. The molecule has 0 rings (SSSR count). The van der Waals surface area contributed by atoms with Gasteiger partial charge in [0.2, 0.25) is 0 Å². The van der Waals surface area contributed by atoms with Crippen molar-refractivity contribution < 1.29 is 35.5 Å². The van der Waals surface area contributed by atoms with E-state index in [0.29, 0.717) is 25.8 Å². The Hall–Kier alpha value is -1.08. The lowest BCUT2D eigenvalue weighted by molar-refractivity contribution is 0.208. The van der Waals surface area contributed by atoms with Gasteiger partial charge in [0.1, 0.15) is 0 Å². The van der Waals surface area contributed by atoms with E-state index in [-0.39, 0.29) is 11.3 Å². The molecule has 2 amide bonds. The molecule has 0 aromatic carbocycles. The predicted molar refractivity (Wildman–Crippen MR) is 68.1 cm³/mol. The number of nitrogens with zero attached hydrogens (tertiary/aromatic N) is 1. The third kappa shape index (κ3) is 6.38. The van der Waals surface area contributed by atoms with Gasteiger partial charge in [0.05, 0.1) is 0 Å². The van der Waals surface area contributed by atoms with Crippen molar-refractivity contribution in [2.24, 2.45) is 5.73 Å². The number of rotatable bonds is 6. The van der Waals surface area contributed by atoms with Crippen molar-refractivity contribution in [3.63, 3.8) is 0 Å². The minimum Gasteiger partial charge on any atom is -0.330 e. The zero-order valence-corrected chi connectivity index (χ0v) is 12.1. The molecule has 0 aliphatic carbocycles. The van der Waals surface area contributed by atoms with Crippen LogP contribution in [0.2, 0.25) is 0 Å². The Morgan fingerprint density at radius 2 is 1.25 bits per heavy atom. The summed E-state index contributed by atoms with van der Waals surface area (Å²) in [7, 11) is -10.6. The third-order valence-corrected chi connectivity index (χ3v) is 3.54. The lowest BCUT2D eigenvalue weighted by atomic mass is 10.2. The van der Waals surface area contributed by atoms with Gasteiger partial charge in [-0.25, -0.2) is 0 Å². The molecule has 0 fully saturated rings. The Morgan fingerprint density at radius 3 is 1.60 bits per heavy atom. The topological polar surface area (TPSA) is 172 Å². The van der Waals surface area contributed by atoms with E-state index < -0.39 is 37.3 Å². The molecule has 4 N–H and O–H groups in total. The van der Waals surface area contributed by atoms with Gasteiger partial charge in [0, 0.05) is 6.54 Å². The van der Waals surface area contributed by atoms with Crippen LogP contribution in [0.5, 0.6) is 0 Å². The summed E-state index contributed by atoms with van der Waals surface area (Å²) in [4.78, 5) is 22.3. The molecule has 0 heterocycles. The number of carbonyl (C=O) groups excluding carboxylic acids is 2. The fourth-order valence-electron chi connectivity index (χ4n) is 1.30. The van der Waals surface area contributed by atoms with Crippen LogP contribution < -0.4 is 5.73 Å². The van der Waals surface area contributed by atoms with Crippen LogP contribution in [0.3, 0.4) is 0 Å². The minimum atomic E-state index is -5.28. The van der Waals surface area contributed by atoms with Crippen molar-refractivity contribution in [2.45, 2.75) is 25.7 Å². The van der Waals surface area contributed by atoms with Gasteiger partial charge in [0.15, 0.2) is 0 Å². The molecule has 0 spiro atoms. The molecule has 0 unspecified atom stereocenters. The van der Waals surface area contributed by atoms with Crippen molar-refractivity contribution in [3.8, 4) is 0 Å². The Balaban J connectivity index is 4.92. The Labute approximate surface area is 116 Å². The van der Waals surface area contributed by atoms with Crippen molar-refractivity contribution >= 4 is 30.7 Å². The zero-order valence-electron chi connectivity index (χ0n) is 10.4. The molecule has 0 aromatic rings. The molecular formula is C8H16N2O8S2. The number of nitrogens with two attached hydrogens (primary N) is 1. The second-order valence-corrected chi connectivity index (χ2v) is 6.44. The van der Waals surface area contributed by atoms with Gasteiger partial charge in [-0.05, 0) is 19.4 Å². The van der Waals surface area contributed by atoms with Gasteiger partial charge in [0.25, 0.3) is 0 Å². The predicted octanol–water partition coefficient (Wildman–Crippen LogP) is -0.177. The molecule has 0 saturated carbocycles. The van der Waals surface area contributed by atoms with E-state index in [4.69, 9.17) is 14.8 Å². The number of hydrogen-bond acceptors (Lipinski definition) is 7. The maximum Gasteiger partial charge on any atom is 0.373 e. The summed E-state index contributed by atoms with van der Waals surface area (Å²) in [6.45, 7) is -0.139. The number of unbranched alkanes of at least 4 members (excludes halogenated alkanes) is 3. The second kappa shape index (κ2) is 7.64. The SMILES string of the molecule is NCCCCCCN(C(=O)S(=O)(=O)O)C(=O)S(=O)(=O)O.